The lowest BCUT2D eigenvalue weighted by Gasteiger charge is -2.38. The minimum atomic E-state index is -1.31. The molecule has 1 amide bonds. The number of aliphatic hydroxyl groups excluding tert-OH is 3. The molecule has 1 unspecified atom stereocenters. The number of anilines is 2. The number of aliphatic imine (C=N–C) groups is 1. The largest absolute Gasteiger partial charge is 0.492 e. The molecule has 4 rings (SSSR count). The number of aromatic nitrogens is 2. The molecule has 1 aromatic heterocycles. The average Bonchev–Trinajstić information content (AvgIpc) is 3.15. The zero-order valence-corrected chi connectivity index (χ0v) is 30.9. The highest BCUT2D eigenvalue weighted by Gasteiger charge is 2.39. The van der Waals surface area contributed by atoms with Crippen LogP contribution in [0.15, 0.2) is 59.6 Å². The Kier molecular flexibility index (Phi) is 17.0. The van der Waals surface area contributed by atoms with Gasteiger partial charge in [0.15, 0.2) is 34.7 Å². The van der Waals surface area contributed by atoms with Gasteiger partial charge in [0.25, 0.3) is 5.91 Å². The number of hydrogen-bond acceptors (Lipinski definition) is 13. The van der Waals surface area contributed by atoms with E-state index in [1.165, 1.54) is 0 Å². The maximum atomic E-state index is 12.4. The third-order valence-corrected chi connectivity index (χ3v) is 9.05. The fourth-order valence-corrected chi connectivity index (χ4v) is 5.93. The highest BCUT2D eigenvalue weighted by atomic mass is 35.5. The van der Waals surface area contributed by atoms with E-state index in [4.69, 9.17) is 43.0 Å². The lowest BCUT2D eigenvalue weighted by Crippen LogP contribution is -2.54. The van der Waals surface area contributed by atoms with Gasteiger partial charge in [0.05, 0.1) is 12.7 Å². The van der Waals surface area contributed by atoms with Gasteiger partial charge in [-0.3, -0.25) is 20.0 Å². The minimum absolute atomic E-state index is 0.0115. The molecule has 1 saturated heterocycles. The Hall–Kier alpha value is -4.09. The number of rotatable bonds is 20. The van der Waals surface area contributed by atoms with Gasteiger partial charge in [-0.25, -0.2) is 9.97 Å². The third kappa shape index (κ3) is 13.4. The van der Waals surface area contributed by atoms with Crippen LogP contribution in [0.2, 0.25) is 5.15 Å². The van der Waals surface area contributed by atoms with Gasteiger partial charge in [-0.05, 0) is 49.9 Å². The topological polar surface area (TPSA) is 237 Å². The van der Waals surface area contributed by atoms with Gasteiger partial charge >= 0.3 is 0 Å². The summed E-state index contributed by atoms with van der Waals surface area (Å²) < 4.78 is 17.6. The van der Waals surface area contributed by atoms with E-state index >= 15 is 0 Å². The maximum absolute atomic E-state index is 12.4. The monoisotopic (exact) mass is 756 g/mol. The number of amides is 1. The number of halogens is 1. The van der Waals surface area contributed by atoms with Gasteiger partial charge in [-0.15, -0.1) is 0 Å². The number of ether oxygens (including phenoxy) is 3. The van der Waals surface area contributed by atoms with Gasteiger partial charge in [0, 0.05) is 25.2 Å². The summed E-state index contributed by atoms with van der Waals surface area (Å²) >= 11 is 5.83. The molecular formula is C37H53ClN8O7. The molecule has 2 aromatic carbocycles. The average molecular weight is 757 g/mol. The number of carbonyl (C=O) groups excluding carboxylic acids is 1. The Balaban J connectivity index is 1.19. The van der Waals surface area contributed by atoms with Crippen LogP contribution in [-0.2, 0) is 15.9 Å². The van der Waals surface area contributed by atoms with Crippen LogP contribution >= 0.6 is 11.6 Å². The van der Waals surface area contributed by atoms with Crippen LogP contribution in [0.25, 0.3) is 0 Å². The molecule has 0 radical (unpaired) electrons. The van der Waals surface area contributed by atoms with Gasteiger partial charge in [0.1, 0.15) is 30.7 Å². The standard InChI is InChI=1S/C37H53ClN8O7/c1-2-3-4-10-19-46(22-27(47)30(49)31-28(48)23-52-36(53-31)25-12-6-5-7-13-25)20-21-51-26-16-14-24(15-17-26)11-8-9-18-42-37(41)45-35(50)29-33(39)44-34(40)32(38)43-29/h5-7,12-17,27-28,30-31,36,47-49H,2-4,8-11,18-23H2,1H3,(H4,39,40,44)(H3,41,42,45,50)/t27-,28+,30+,31+,36?/m0/s1. The van der Waals surface area contributed by atoms with E-state index in [1.54, 1.807) is 0 Å². The summed E-state index contributed by atoms with van der Waals surface area (Å²) in [5.41, 5.74) is 18.8. The van der Waals surface area contributed by atoms with Crippen molar-refractivity contribution in [2.45, 2.75) is 82.6 Å². The molecule has 53 heavy (non-hydrogen) atoms. The minimum Gasteiger partial charge on any atom is -0.492 e. The van der Waals surface area contributed by atoms with Crippen LogP contribution < -0.4 is 27.3 Å². The van der Waals surface area contributed by atoms with Crippen molar-refractivity contribution in [2.24, 2.45) is 10.7 Å². The lowest BCUT2D eigenvalue weighted by molar-refractivity contribution is -0.283. The Morgan fingerprint density at radius 3 is 2.53 bits per heavy atom. The predicted molar refractivity (Wildman–Crippen MR) is 203 cm³/mol. The Morgan fingerprint density at radius 2 is 1.79 bits per heavy atom. The van der Waals surface area contributed by atoms with Crippen LogP contribution in [0.5, 0.6) is 5.75 Å². The predicted octanol–water partition coefficient (Wildman–Crippen LogP) is 2.82. The van der Waals surface area contributed by atoms with E-state index in [0.717, 1.165) is 68.4 Å². The van der Waals surface area contributed by atoms with E-state index < -0.39 is 36.6 Å². The Bertz CT molecular complexity index is 1590. The van der Waals surface area contributed by atoms with Crippen molar-refractivity contribution >= 4 is 35.1 Å². The molecular weight excluding hydrogens is 704 g/mol. The molecule has 0 aliphatic carbocycles. The number of nitrogens with zero attached hydrogens (tertiary/aromatic N) is 4. The number of benzene rings is 2. The van der Waals surface area contributed by atoms with Gasteiger partial charge in [-0.1, -0.05) is 80.3 Å². The molecule has 3 aromatic rings. The zero-order valence-electron chi connectivity index (χ0n) is 30.1. The summed E-state index contributed by atoms with van der Waals surface area (Å²) in [5, 5.41) is 35.0. The van der Waals surface area contributed by atoms with Crippen LogP contribution in [0.4, 0.5) is 11.6 Å². The van der Waals surface area contributed by atoms with E-state index in [-0.39, 0.29) is 41.6 Å². The number of hydrogen-bond donors (Lipinski definition) is 7. The lowest BCUT2D eigenvalue weighted by atomic mass is 10.0. The van der Waals surface area contributed by atoms with Crippen LogP contribution in [0, 0.1) is 0 Å². The second kappa shape index (κ2) is 21.6. The highest BCUT2D eigenvalue weighted by Crippen LogP contribution is 2.29. The molecule has 1 aliphatic heterocycles. The molecule has 1 fully saturated rings. The molecule has 2 heterocycles. The first-order valence-electron chi connectivity index (χ1n) is 18.1. The smallest absolute Gasteiger partial charge is 0.280 e. The fraction of sp³-hybridized carbons (Fsp3) is 0.514. The van der Waals surface area contributed by atoms with Crippen molar-refractivity contribution in [1.82, 2.24) is 20.2 Å². The molecule has 16 heteroatoms. The summed E-state index contributed by atoms with van der Waals surface area (Å²) in [7, 11) is 0. The van der Waals surface area contributed by atoms with Gasteiger partial charge < -0.3 is 46.7 Å². The fourth-order valence-electron chi connectivity index (χ4n) is 5.80. The van der Waals surface area contributed by atoms with Crippen molar-refractivity contribution in [3.63, 3.8) is 0 Å². The van der Waals surface area contributed by atoms with Crippen molar-refractivity contribution in [1.29, 1.82) is 0 Å². The van der Waals surface area contributed by atoms with Crippen molar-refractivity contribution in [2.75, 3.05) is 50.9 Å². The number of unbranched alkanes of at least 4 members (excludes halogenated alkanes) is 4. The highest BCUT2D eigenvalue weighted by molar-refractivity contribution is 6.31. The van der Waals surface area contributed by atoms with Crippen LogP contribution in [0.3, 0.4) is 0 Å². The molecule has 5 atom stereocenters. The summed E-state index contributed by atoms with van der Waals surface area (Å²) in [4.78, 5) is 26.3. The van der Waals surface area contributed by atoms with Gasteiger partial charge in [-0.2, -0.15) is 0 Å². The Labute approximate surface area is 315 Å². The number of aryl methyl sites for hydroxylation is 1. The summed E-state index contributed by atoms with van der Waals surface area (Å²) in [5.74, 6) is -0.266. The molecule has 15 nitrogen and oxygen atoms in total. The summed E-state index contributed by atoms with van der Waals surface area (Å²) in [6.45, 7) is 4.42. The van der Waals surface area contributed by atoms with E-state index in [0.29, 0.717) is 19.7 Å². The number of nitrogen functional groups attached to an aromatic ring is 2. The van der Waals surface area contributed by atoms with Crippen molar-refractivity contribution in [3.05, 3.63) is 76.6 Å². The molecule has 0 bridgehead atoms. The number of aliphatic hydroxyl groups is 3. The molecule has 1 aliphatic rings. The van der Waals surface area contributed by atoms with Crippen LogP contribution in [-0.4, -0.2) is 106 Å². The van der Waals surface area contributed by atoms with Crippen molar-refractivity contribution < 1.29 is 34.3 Å². The first-order chi connectivity index (χ1) is 25.5. The Morgan fingerprint density at radius 1 is 1.04 bits per heavy atom. The summed E-state index contributed by atoms with van der Waals surface area (Å²) in [6.07, 6.45) is 1.38. The number of guanidine groups is 1. The molecule has 290 valence electrons. The SMILES string of the molecule is CCCCCCN(CCOc1ccc(CCCCN=C(N)NC(=O)c2nc(Cl)c(N)nc2N)cc1)C[C@H](O)[C@@H](O)[C@@H]1OC(c2ccccc2)OC[C@H]1O. The number of carbonyl (C=O) groups is 1. The maximum Gasteiger partial charge on any atom is 0.280 e. The first-order valence-corrected chi connectivity index (χ1v) is 18.4. The number of nitrogens with two attached hydrogens (primary N) is 3. The summed E-state index contributed by atoms with van der Waals surface area (Å²) in [6, 6.07) is 17.2. The van der Waals surface area contributed by atoms with E-state index in [9.17, 15) is 20.1 Å². The molecule has 10 N–H and O–H groups in total. The zero-order chi connectivity index (χ0) is 38.2. The molecule has 0 saturated carbocycles. The second-order valence-corrected chi connectivity index (χ2v) is 13.3. The van der Waals surface area contributed by atoms with Crippen molar-refractivity contribution in [3.8, 4) is 5.75 Å². The van der Waals surface area contributed by atoms with Gasteiger partial charge in [0.2, 0.25) is 0 Å². The van der Waals surface area contributed by atoms with E-state index in [2.05, 4.69) is 32.1 Å². The first kappa shape index (κ1) is 41.7. The van der Waals surface area contributed by atoms with Crippen LogP contribution in [0.1, 0.15) is 73.4 Å². The molecule has 0 spiro atoms. The normalized spacial score (nSPS) is 18.8. The van der Waals surface area contributed by atoms with E-state index in [1.807, 2.05) is 54.6 Å². The second-order valence-electron chi connectivity index (χ2n) is 13.0. The quantitative estimate of drug-likeness (QED) is 0.0500. The third-order valence-electron chi connectivity index (χ3n) is 8.77. The number of nitrogens with one attached hydrogen (secondary N) is 1.